The number of anilines is 2. The van der Waals surface area contributed by atoms with E-state index in [9.17, 15) is 9.59 Å². The van der Waals surface area contributed by atoms with E-state index < -0.39 is 0 Å². The Morgan fingerprint density at radius 1 is 0.893 bits per heavy atom. The van der Waals surface area contributed by atoms with Crippen LogP contribution >= 0.6 is 0 Å². The van der Waals surface area contributed by atoms with Crippen LogP contribution in [0.1, 0.15) is 25.0 Å². The first-order valence-corrected chi connectivity index (χ1v) is 8.67. The molecule has 0 aromatic heterocycles. The Morgan fingerprint density at radius 3 is 2.07 bits per heavy atom. The van der Waals surface area contributed by atoms with E-state index in [0.717, 1.165) is 11.1 Å². The van der Waals surface area contributed by atoms with Crippen LogP contribution in [0.3, 0.4) is 0 Å². The molecule has 4 heteroatoms. The van der Waals surface area contributed by atoms with Crippen LogP contribution in [0.5, 0.6) is 0 Å². The first-order valence-electron chi connectivity index (χ1n) is 8.67. The van der Waals surface area contributed by atoms with Crippen LogP contribution in [0.4, 0.5) is 11.4 Å². The molecule has 0 spiro atoms. The molecular formula is C24H22N2O2. The first kappa shape index (κ1) is 20.5. The molecule has 0 aliphatic carbocycles. The normalized spacial score (nSPS) is 9.93. The predicted octanol–water partition coefficient (Wildman–Crippen LogP) is 4.78. The Hall–Kier alpha value is -3.84. The third kappa shape index (κ3) is 6.47. The number of benzene rings is 2. The highest BCUT2D eigenvalue weighted by Crippen LogP contribution is 2.13. The van der Waals surface area contributed by atoms with Gasteiger partial charge in [0.25, 0.3) is 11.8 Å². The van der Waals surface area contributed by atoms with E-state index in [1.807, 2.05) is 42.5 Å². The van der Waals surface area contributed by atoms with Crippen molar-refractivity contribution in [3.63, 3.8) is 0 Å². The van der Waals surface area contributed by atoms with Gasteiger partial charge in [-0.25, -0.2) is 0 Å². The maximum Gasteiger partial charge on any atom is 0.250 e. The molecule has 4 nitrogen and oxygen atoms in total. The van der Waals surface area contributed by atoms with Crippen molar-refractivity contribution in [3.05, 3.63) is 90.0 Å². The summed E-state index contributed by atoms with van der Waals surface area (Å²) in [4.78, 5) is 23.4. The van der Waals surface area contributed by atoms with Crippen molar-refractivity contribution < 1.29 is 9.59 Å². The lowest BCUT2D eigenvalue weighted by atomic mass is 10.1. The molecule has 0 bridgehead atoms. The molecule has 0 heterocycles. The minimum Gasteiger partial charge on any atom is -0.322 e. The van der Waals surface area contributed by atoms with Crippen LogP contribution in [0.2, 0.25) is 0 Å². The fraction of sp³-hybridized carbons (Fsp3) is 0.0833. The van der Waals surface area contributed by atoms with Gasteiger partial charge in [0.2, 0.25) is 0 Å². The van der Waals surface area contributed by atoms with Gasteiger partial charge < -0.3 is 10.6 Å². The lowest BCUT2D eigenvalue weighted by molar-refractivity contribution is -0.113. The minimum absolute atomic E-state index is 0.209. The first-order chi connectivity index (χ1) is 13.3. The maximum absolute atomic E-state index is 11.7. The zero-order valence-electron chi connectivity index (χ0n) is 16.0. The molecule has 28 heavy (non-hydrogen) atoms. The fourth-order valence-corrected chi connectivity index (χ4v) is 2.13. The number of hydrogen-bond acceptors (Lipinski definition) is 2. The Kier molecular flexibility index (Phi) is 7.13. The molecule has 0 aliphatic rings. The molecule has 2 aromatic rings. The Morgan fingerprint density at radius 2 is 1.46 bits per heavy atom. The van der Waals surface area contributed by atoms with Crippen molar-refractivity contribution in [1.29, 1.82) is 0 Å². The lowest BCUT2D eigenvalue weighted by Crippen LogP contribution is -2.11. The molecule has 0 aliphatic heterocycles. The lowest BCUT2D eigenvalue weighted by Gasteiger charge is -2.05. The van der Waals surface area contributed by atoms with E-state index in [2.05, 4.69) is 35.6 Å². The largest absolute Gasteiger partial charge is 0.322 e. The predicted molar refractivity (Wildman–Crippen MR) is 116 cm³/mol. The molecule has 0 fully saturated rings. The molecule has 2 rings (SSSR count). The highest BCUT2D eigenvalue weighted by molar-refractivity contribution is 6.03. The van der Waals surface area contributed by atoms with Gasteiger partial charge in [-0.1, -0.05) is 43.2 Å². The van der Waals surface area contributed by atoms with Crippen molar-refractivity contribution in [2.75, 3.05) is 10.6 Å². The summed E-state index contributed by atoms with van der Waals surface area (Å²) in [6, 6.07) is 14.7. The van der Waals surface area contributed by atoms with Gasteiger partial charge in [0.05, 0.1) is 0 Å². The van der Waals surface area contributed by atoms with Crippen molar-refractivity contribution in [2.24, 2.45) is 0 Å². The van der Waals surface area contributed by atoms with Gasteiger partial charge in [-0.2, -0.15) is 0 Å². The number of rotatable bonds is 5. The van der Waals surface area contributed by atoms with Crippen molar-refractivity contribution in [3.8, 4) is 11.8 Å². The van der Waals surface area contributed by atoms with Crippen LogP contribution in [0.15, 0.2) is 78.9 Å². The summed E-state index contributed by atoms with van der Waals surface area (Å²) >= 11 is 0. The molecule has 2 amide bonds. The van der Waals surface area contributed by atoms with Gasteiger partial charge in [-0.15, -0.1) is 0 Å². The molecular weight excluding hydrogens is 348 g/mol. The maximum atomic E-state index is 11.7. The van der Waals surface area contributed by atoms with Gasteiger partial charge in [-0.3, -0.25) is 9.59 Å². The van der Waals surface area contributed by atoms with E-state index in [-0.39, 0.29) is 11.8 Å². The molecule has 2 aromatic carbocycles. The second-order valence-electron chi connectivity index (χ2n) is 6.28. The van der Waals surface area contributed by atoms with E-state index >= 15 is 0 Å². The highest BCUT2D eigenvalue weighted by Gasteiger charge is 2.03. The number of carbonyl (C=O) groups excluding carboxylic acids is 2. The van der Waals surface area contributed by atoms with Crippen LogP contribution in [-0.4, -0.2) is 11.8 Å². The van der Waals surface area contributed by atoms with Crippen molar-refractivity contribution in [2.45, 2.75) is 13.8 Å². The van der Waals surface area contributed by atoms with E-state index in [4.69, 9.17) is 0 Å². The van der Waals surface area contributed by atoms with Gasteiger partial charge in [-0.05, 0) is 61.9 Å². The standard InChI is InChI=1S/C24H22N2O2/c1-17(2)23(27)25-21-13-7-11-19(15-21)9-5-6-10-20-12-8-14-22(16-20)26-24(28)18(3)4/h5,7-9,11-16H,1,3H2,2,4H3,(H,25,27)(H,26,28). The Labute approximate surface area is 165 Å². The topological polar surface area (TPSA) is 58.2 Å². The average Bonchev–Trinajstić information content (AvgIpc) is 2.65. The quantitative estimate of drug-likeness (QED) is 0.588. The van der Waals surface area contributed by atoms with Crippen LogP contribution in [-0.2, 0) is 9.59 Å². The van der Waals surface area contributed by atoms with Crippen LogP contribution in [0.25, 0.3) is 6.08 Å². The molecule has 0 unspecified atom stereocenters. The SMILES string of the molecule is C=C(C)C(=O)Nc1cccc(C#CC=Cc2cccc(NC(=O)C(=C)C)c2)c1. The Balaban J connectivity index is 2.05. The van der Waals surface area contributed by atoms with Crippen molar-refractivity contribution in [1.82, 2.24) is 0 Å². The number of allylic oxidation sites excluding steroid dienone is 1. The van der Waals surface area contributed by atoms with E-state index in [0.29, 0.717) is 22.5 Å². The summed E-state index contributed by atoms with van der Waals surface area (Å²) in [5.74, 6) is 5.57. The van der Waals surface area contributed by atoms with Gasteiger partial charge in [0.1, 0.15) is 0 Å². The van der Waals surface area contributed by atoms with Crippen LogP contribution < -0.4 is 10.6 Å². The monoisotopic (exact) mass is 370 g/mol. The third-order valence-corrected chi connectivity index (χ3v) is 3.62. The van der Waals surface area contributed by atoms with E-state index in [1.54, 1.807) is 32.1 Å². The average molecular weight is 370 g/mol. The highest BCUT2D eigenvalue weighted by atomic mass is 16.2. The minimum atomic E-state index is -0.219. The fourth-order valence-electron chi connectivity index (χ4n) is 2.13. The molecule has 140 valence electrons. The molecule has 0 radical (unpaired) electrons. The summed E-state index contributed by atoms with van der Waals surface area (Å²) in [5.41, 5.74) is 3.96. The number of nitrogens with one attached hydrogen (secondary N) is 2. The smallest absolute Gasteiger partial charge is 0.250 e. The zero-order valence-corrected chi connectivity index (χ0v) is 16.0. The van der Waals surface area contributed by atoms with Gasteiger partial charge >= 0.3 is 0 Å². The number of carbonyl (C=O) groups is 2. The summed E-state index contributed by atoms with van der Waals surface area (Å²) in [5, 5.41) is 5.54. The summed E-state index contributed by atoms with van der Waals surface area (Å²) < 4.78 is 0. The summed E-state index contributed by atoms with van der Waals surface area (Å²) in [6.07, 6.45) is 3.59. The molecule has 2 N–H and O–H groups in total. The van der Waals surface area contributed by atoms with Crippen molar-refractivity contribution >= 4 is 29.3 Å². The second kappa shape index (κ2) is 9.75. The number of amides is 2. The molecule has 0 atom stereocenters. The zero-order chi connectivity index (χ0) is 20.5. The number of hydrogen-bond donors (Lipinski definition) is 2. The van der Waals surface area contributed by atoms with Gasteiger partial charge in [0, 0.05) is 28.1 Å². The van der Waals surface area contributed by atoms with Gasteiger partial charge in [0.15, 0.2) is 0 Å². The molecule has 0 saturated carbocycles. The van der Waals surface area contributed by atoms with E-state index in [1.165, 1.54) is 0 Å². The molecule has 0 saturated heterocycles. The Bertz CT molecular complexity index is 1020. The summed E-state index contributed by atoms with van der Waals surface area (Å²) in [6.45, 7) is 10.6. The third-order valence-electron chi connectivity index (χ3n) is 3.62. The van der Waals surface area contributed by atoms with Crippen LogP contribution in [0, 0.1) is 11.8 Å². The summed E-state index contributed by atoms with van der Waals surface area (Å²) in [7, 11) is 0. The second-order valence-corrected chi connectivity index (χ2v) is 6.28.